The van der Waals surface area contributed by atoms with Gasteiger partial charge in [-0.1, -0.05) is 0 Å². The number of nitrogens with zero attached hydrogens (tertiary/aromatic N) is 3. The van der Waals surface area contributed by atoms with Crippen molar-refractivity contribution in [1.82, 2.24) is 9.78 Å². The van der Waals surface area contributed by atoms with E-state index in [0.717, 1.165) is 35.7 Å². The number of carbonyl (C=O) groups is 2. The van der Waals surface area contributed by atoms with Crippen LogP contribution in [0.1, 0.15) is 24.2 Å². The Bertz CT molecular complexity index is 795. The third-order valence-electron chi connectivity index (χ3n) is 4.37. The Hall–Kier alpha value is -2.83. The lowest BCUT2D eigenvalue weighted by atomic mass is 10.3. The highest BCUT2D eigenvalue weighted by Crippen LogP contribution is 2.24. The Morgan fingerprint density at radius 3 is 2.56 bits per heavy atom. The number of aromatic nitrogens is 2. The maximum Gasteiger partial charge on any atom is 0.262 e. The zero-order chi connectivity index (χ0) is 18.0. The van der Waals surface area contributed by atoms with E-state index < -0.39 is 0 Å². The van der Waals surface area contributed by atoms with Gasteiger partial charge in [0, 0.05) is 25.7 Å². The average Bonchev–Trinajstić information content (AvgIpc) is 3.12. The first-order valence-corrected chi connectivity index (χ1v) is 8.29. The van der Waals surface area contributed by atoms with Crippen LogP contribution in [0.5, 0.6) is 5.75 Å². The first kappa shape index (κ1) is 17.0. The van der Waals surface area contributed by atoms with Gasteiger partial charge in [-0.3, -0.25) is 14.3 Å². The van der Waals surface area contributed by atoms with Gasteiger partial charge in [-0.05, 0) is 44.5 Å². The average molecular weight is 342 g/mol. The number of nitrogens with one attached hydrogen (secondary N) is 1. The molecule has 2 aromatic rings. The lowest BCUT2D eigenvalue weighted by Gasteiger charge is -2.16. The molecule has 1 aromatic heterocycles. The quantitative estimate of drug-likeness (QED) is 0.903. The molecule has 0 radical (unpaired) electrons. The molecule has 1 N–H and O–H groups in total. The number of rotatable bonds is 5. The van der Waals surface area contributed by atoms with Crippen LogP contribution in [0.25, 0.3) is 0 Å². The smallest absolute Gasteiger partial charge is 0.262 e. The van der Waals surface area contributed by atoms with Crippen molar-refractivity contribution in [2.24, 2.45) is 7.05 Å². The van der Waals surface area contributed by atoms with Gasteiger partial charge < -0.3 is 15.0 Å². The Balaban J connectivity index is 1.56. The Labute approximate surface area is 146 Å². The molecule has 132 valence electrons. The van der Waals surface area contributed by atoms with E-state index in [4.69, 9.17) is 4.74 Å². The zero-order valence-corrected chi connectivity index (χ0v) is 14.7. The third kappa shape index (κ3) is 3.65. The Morgan fingerprint density at radius 2 is 2.00 bits per heavy atom. The van der Waals surface area contributed by atoms with E-state index in [2.05, 4.69) is 10.4 Å². The van der Waals surface area contributed by atoms with Crippen LogP contribution in [0.15, 0.2) is 24.3 Å². The van der Waals surface area contributed by atoms with Gasteiger partial charge in [0.25, 0.3) is 5.91 Å². The maximum absolute atomic E-state index is 12.1. The minimum atomic E-state index is -0.238. The van der Waals surface area contributed by atoms with Crippen LogP contribution >= 0.6 is 0 Å². The van der Waals surface area contributed by atoms with Crippen molar-refractivity contribution in [2.45, 2.75) is 26.7 Å². The fraction of sp³-hybridized carbons (Fsp3) is 0.389. The normalized spacial score (nSPS) is 14.0. The molecule has 1 fully saturated rings. The number of hydrogen-bond donors (Lipinski definition) is 1. The number of hydrogen-bond acceptors (Lipinski definition) is 4. The molecule has 25 heavy (non-hydrogen) atoms. The Kier molecular flexibility index (Phi) is 4.74. The Morgan fingerprint density at radius 1 is 1.28 bits per heavy atom. The summed E-state index contributed by atoms with van der Waals surface area (Å²) in [5.74, 6) is 0.499. The van der Waals surface area contributed by atoms with E-state index in [9.17, 15) is 9.59 Å². The summed E-state index contributed by atoms with van der Waals surface area (Å²) in [4.78, 5) is 25.6. The number of anilines is 2. The van der Waals surface area contributed by atoms with Crippen molar-refractivity contribution >= 4 is 23.2 Å². The van der Waals surface area contributed by atoms with Crippen molar-refractivity contribution < 1.29 is 14.3 Å². The molecule has 2 amide bonds. The highest BCUT2D eigenvalue weighted by Gasteiger charge is 2.21. The molecule has 7 heteroatoms. The number of amides is 2. The van der Waals surface area contributed by atoms with E-state index in [-0.39, 0.29) is 18.4 Å². The summed E-state index contributed by atoms with van der Waals surface area (Å²) >= 11 is 0. The van der Waals surface area contributed by atoms with Gasteiger partial charge in [0.05, 0.1) is 17.1 Å². The first-order valence-electron chi connectivity index (χ1n) is 8.29. The van der Waals surface area contributed by atoms with Gasteiger partial charge in [0.15, 0.2) is 6.61 Å². The molecule has 7 nitrogen and oxygen atoms in total. The van der Waals surface area contributed by atoms with Crippen molar-refractivity contribution in [2.75, 3.05) is 23.4 Å². The minimum absolute atomic E-state index is 0.0875. The standard InChI is InChI=1S/C18H22N4O3/c1-12-18(13(2)21(3)20-12)19-16(23)11-25-15-8-6-14(7-9-15)22-10-4-5-17(22)24/h6-9H,4-5,10-11H2,1-3H3,(H,19,23). The molecule has 0 saturated carbocycles. The topological polar surface area (TPSA) is 76.5 Å². The molecule has 0 bridgehead atoms. The van der Waals surface area contributed by atoms with E-state index in [1.807, 2.05) is 33.0 Å². The minimum Gasteiger partial charge on any atom is -0.484 e. The summed E-state index contributed by atoms with van der Waals surface area (Å²) in [6.07, 6.45) is 1.50. The first-order chi connectivity index (χ1) is 12.0. The van der Waals surface area contributed by atoms with Gasteiger partial charge in [-0.25, -0.2) is 0 Å². The van der Waals surface area contributed by atoms with Crippen molar-refractivity contribution in [3.05, 3.63) is 35.7 Å². The van der Waals surface area contributed by atoms with Crippen LogP contribution in [-0.2, 0) is 16.6 Å². The predicted octanol–water partition coefficient (Wildman–Crippen LogP) is 2.18. The van der Waals surface area contributed by atoms with Gasteiger partial charge in [-0.15, -0.1) is 0 Å². The molecular formula is C18H22N4O3. The predicted molar refractivity (Wildman–Crippen MR) is 94.8 cm³/mol. The molecule has 0 aliphatic carbocycles. The van der Waals surface area contributed by atoms with E-state index in [1.54, 1.807) is 21.7 Å². The lowest BCUT2D eigenvalue weighted by Crippen LogP contribution is -2.23. The highest BCUT2D eigenvalue weighted by molar-refractivity contribution is 5.95. The summed E-state index contributed by atoms with van der Waals surface area (Å²) < 4.78 is 7.25. The summed E-state index contributed by atoms with van der Waals surface area (Å²) in [6, 6.07) is 7.22. The van der Waals surface area contributed by atoms with Crippen molar-refractivity contribution in [1.29, 1.82) is 0 Å². The molecule has 0 atom stereocenters. The molecule has 3 rings (SSSR count). The third-order valence-corrected chi connectivity index (χ3v) is 4.37. The highest BCUT2D eigenvalue weighted by atomic mass is 16.5. The largest absolute Gasteiger partial charge is 0.484 e. The fourth-order valence-corrected chi connectivity index (χ4v) is 2.92. The van der Waals surface area contributed by atoms with Crippen molar-refractivity contribution in [3.8, 4) is 5.75 Å². The number of aryl methyl sites for hydroxylation is 2. The second kappa shape index (κ2) is 6.96. The summed E-state index contributed by atoms with van der Waals surface area (Å²) in [7, 11) is 1.83. The summed E-state index contributed by atoms with van der Waals surface area (Å²) in [5, 5.41) is 7.10. The van der Waals surface area contributed by atoms with Crippen LogP contribution in [0, 0.1) is 13.8 Å². The van der Waals surface area contributed by atoms with Gasteiger partial charge >= 0.3 is 0 Å². The van der Waals surface area contributed by atoms with E-state index in [0.29, 0.717) is 12.2 Å². The van der Waals surface area contributed by atoms with Crippen LogP contribution in [0.4, 0.5) is 11.4 Å². The van der Waals surface area contributed by atoms with E-state index in [1.165, 1.54) is 0 Å². The number of ether oxygens (including phenoxy) is 1. The van der Waals surface area contributed by atoms with E-state index >= 15 is 0 Å². The van der Waals surface area contributed by atoms with Crippen LogP contribution in [0.2, 0.25) is 0 Å². The molecule has 0 spiro atoms. The molecule has 1 aromatic carbocycles. The molecular weight excluding hydrogens is 320 g/mol. The number of carbonyl (C=O) groups excluding carboxylic acids is 2. The lowest BCUT2D eigenvalue weighted by molar-refractivity contribution is -0.118. The second-order valence-corrected chi connectivity index (χ2v) is 6.15. The SMILES string of the molecule is Cc1nn(C)c(C)c1NC(=O)COc1ccc(N2CCCC2=O)cc1. The van der Waals surface area contributed by atoms with Crippen LogP contribution < -0.4 is 15.0 Å². The van der Waals surface area contributed by atoms with Gasteiger partial charge in [0.2, 0.25) is 5.91 Å². The molecule has 1 saturated heterocycles. The molecule has 0 unspecified atom stereocenters. The maximum atomic E-state index is 12.1. The van der Waals surface area contributed by atoms with Gasteiger partial charge in [0.1, 0.15) is 5.75 Å². The van der Waals surface area contributed by atoms with Crippen LogP contribution in [-0.4, -0.2) is 34.7 Å². The summed E-state index contributed by atoms with van der Waals surface area (Å²) in [6.45, 7) is 4.41. The zero-order valence-electron chi connectivity index (χ0n) is 14.7. The summed E-state index contributed by atoms with van der Waals surface area (Å²) in [5.41, 5.74) is 3.25. The van der Waals surface area contributed by atoms with Gasteiger partial charge in [-0.2, -0.15) is 5.10 Å². The molecule has 1 aliphatic heterocycles. The van der Waals surface area contributed by atoms with Crippen molar-refractivity contribution in [3.63, 3.8) is 0 Å². The molecule has 1 aliphatic rings. The second-order valence-electron chi connectivity index (χ2n) is 6.15. The number of benzene rings is 1. The van der Waals surface area contributed by atoms with Crippen LogP contribution in [0.3, 0.4) is 0 Å². The monoisotopic (exact) mass is 342 g/mol. The fourth-order valence-electron chi connectivity index (χ4n) is 2.92. The molecule has 2 heterocycles.